The molecular weight excluding hydrogens is 557 g/mol. The van der Waals surface area contributed by atoms with Crippen LogP contribution >= 0.6 is 0 Å². The summed E-state index contributed by atoms with van der Waals surface area (Å²) in [6.45, 7) is 6.97. The Labute approximate surface area is 258 Å². The maximum atomic E-state index is 13.7. The van der Waals surface area contributed by atoms with Crippen LogP contribution in [-0.4, -0.2) is 22.4 Å². The lowest BCUT2D eigenvalue weighted by atomic mass is 9.91. The van der Waals surface area contributed by atoms with E-state index in [-0.39, 0.29) is 17.6 Å². The van der Waals surface area contributed by atoms with Gasteiger partial charge in [0, 0.05) is 30.4 Å². The minimum Gasteiger partial charge on any atom is -0.308 e. The zero-order valence-corrected chi connectivity index (χ0v) is 26.2. The van der Waals surface area contributed by atoms with Gasteiger partial charge in [-0.1, -0.05) is 61.9 Å². The molecule has 3 aromatic carbocycles. The average molecular weight is 600 g/mol. The number of aliphatic imine (C=N–C) groups is 1. The molecule has 5 rings (SSSR count). The molecule has 1 aliphatic heterocycles. The number of fused-ring (bicyclic) bond motifs is 1. The topological polar surface area (TPSA) is 75.8 Å². The first-order valence-corrected chi connectivity index (χ1v) is 16.3. The van der Waals surface area contributed by atoms with E-state index in [0.29, 0.717) is 17.9 Å². The van der Waals surface area contributed by atoms with Crippen molar-refractivity contribution in [2.45, 2.75) is 76.5 Å². The second-order valence-electron chi connectivity index (χ2n) is 11.3. The van der Waals surface area contributed by atoms with E-state index in [1.165, 1.54) is 59.4 Å². The van der Waals surface area contributed by atoms with Gasteiger partial charge in [-0.25, -0.2) is 13.7 Å². The Morgan fingerprint density at radius 1 is 1.02 bits per heavy atom. The summed E-state index contributed by atoms with van der Waals surface area (Å²) >= 11 is 0. The van der Waals surface area contributed by atoms with E-state index in [2.05, 4.69) is 62.2 Å². The van der Waals surface area contributed by atoms with E-state index >= 15 is 0 Å². The highest BCUT2D eigenvalue weighted by Crippen LogP contribution is 2.29. The molecule has 0 radical (unpaired) electrons. The summed E-state index contributed by atoms with van der Waals surface area (Å²) in [5.41, 5.74) is 8.66. The van der Waals surface area contributed by atoms with Gasteiger partial charge in [-0.3, -0.25) is 9.79 Å². The molecule has 2 N–H and O–H groups in total. The maximum absolute atomic E-state index is 13.7. The van der Waals surface area contributed by atoms with E-state index in [1.54, 1.807) is 0 Å². The maximum Gasteiger partial charge on any atom is 0.227 e. The lowest BCUT2D eigenvalue weighted by molar-refractivity contribution is -0.118. The van der Waals surface area contributed by atoms with Crippen molar-refractivity contribution in [2.24, 2.45) is 10.1 Å². The Morgan fingerprint density at radius 3 is 2.40 bits per heavy atom. The van der Waals surface area contributed by atoms with E-state index in [4.69, 9.17) is 5.14 Å². The van der Waals surface area contributed by atoms with Crippen LogP contribution in [0.5, 0.6) is 0 Å². The Hall–Kier alpha value is -3.68. The average Bonchev–Trinajstić information content (AvgIpc) is 3.21. The number of halogens is 1. The smallest absolute Gasteiger partial charge is 0.227 e. The first kappa shape index (κ1) is 32.2. The summed E-state index contributed by atoms with van der Waals surface area (Å²) in [5.74, 6) is -0.0161. The second-order valence-corrected chi connectivity index (χ2v) is 12.4. The molecule has 1 amide bonds. The molecule has 1 aliphatic carbocycles. The number of nitrogens with zero attached hydrogens (tertiary/aromatic N) is 2. The van der Waals surface area contributed by atoms with Gasteiger partial charge < -0.3 is 4.90 Å². The van der Waals surface area contributed by atoms with Crippen molar-refractivity contribution in [3.63, 3.8) is 0 Å². The number of nitrogens with two attached hydrogens (primary N) is 1. The SMILES string of the molecule is CCC1=CC(CN(C(=O)C[C@H](C)c2ccccc2)c2ccc3c(c2)CCCC3)=CN=C(C)C1.NS(=O)c1ccc(F)cc1. The fourth-order valence-corrected chi connectivity index (χ4v) is 5.87. The standard InChI is InChI=1S/C30H36N2O.C6H6FNOS/c1-4-24-17-23(3)31-20-25(18-24)21-32(29-15-14-27-12-8-9-13-28(27)19-29)30(33)16-22(2)26-10-6-5-7-11-26;7-5-1-3-6(4-2-5)10(8)9/h5-7,10-11,14-15,18-20,22H,4,8-9,12-13,16-17,21H2,1-3H3;1-4H,8H2/t22-;/m0./s1. The number of rotatable bonds is 8. The van der Waals surface area contributed by atoms with Crippen LogP contribution in [0.4, 0.5) is 10.1 Å². The quantitative estimate of drug-likeness (QED) is 0.285. The second kappa shape index (κ2) is 15.7. The number of amides is 1. The molecule has 0 fully saturated rings. The molecule has 0 saturated heterocycles. The van der Waals surface area contributed by atoms with Crippen molar-refractivity contribution in [1.29, 1.82) is 0 Å². The van der Waals surface area contributed by atoms with E-state index in [1.807, 2.05) is 29.3 Å². The van der Waals surface area contributed by atoms with Crippen molar-refractivity contribution in [2.75, 3.05) is 11.4 Å². The molecule has 1 unspecified atom stereocenters. The molecule has 43 heavy (non-hydrogen) atoms. The van der Waals surface area contributed by atoms with Gasteiger partial charge >= 0.3 is 0 Å². The molecule has 7 heteroatoms. The van der Waals surface area contributed by atoms with Crippen LogP contribution < -0.4 is 10.0 Å². The molecule has 0 bridgehead atoms. The largest absolute Gasteiger partial charge is 0.308 e. The highest BCUT2D eigenvalue weighted by Gasteiger charge is 2.22. The van der Waals surface area contributed by atoms with Crippen LogP contribution in [0.2, 0.25) is 0 Å². The molecule has 2 aliphatic rings. The zero-order chi connectivity index (χ0) is 30.8. The Kier molecular flexibility index (Phi) is 11.8. The van der Waals surface area contributed by atoms with Crippen LogP contribution in [0.1, 0.15) is 75.5 Å². The Morgan fingerprint density at radius 2 is 1.72 bits per heavy atom. The van der Waals surface area contributed by atoms with Gasteiger partial charge in [0.15, 0.2) is 0 Å². The molecule has 0 saturated carbocycles. The predicted octanol–water partition coefficient (Wildman–Crippen LogP) is 7.98. The van der Waals surface area contributed by atoms with E-state index in [9.17, 15) is 13.4 Å². The van der Waals surface area contributed by atoms with Crippen LogP contribution in [0.3, 0.4) is 0 Å². The molecule has 226 valence electrons. The van der Waals surface area contributed by atoms with Gasteiger partial charge in [-0.2, -0.15) is 0 Å². The van der Waals surface area contributed by atoms with E-state index in [0.717, 1.165) is 42.7 Å². The fraction of sp³-hybridized carbons (Fsp3) is 0.333. The lowest BCUT2D eigenvalue weighted by Gasteiger charge is -2.27. The first-order chi connectivity index (χ1) is 20.7. The highest BCUT2D eigenvalue weighted by atomic mass is 32.2. The fourth-order valence-electron chi connectivity index (χ4n) is 5.47. The Balaban J connectivity index is 0.000000359. The number of benzene rings is 3. The first-order valence-electron chi connectivity index (χ1n) is 15.0. The minimum atomic E-state index is -1.50. The predicted molar refractivity (Wildman–Crippen MR) is 176 cm³/mol. The Bertz CT molecular complexity index is 1510. The zero-order valence-electron chi connectivity index (χ0n) is 25.4. The number of carbonyl (C=O) groups excluding carboxylic acids is 1. The summed E-state index contributed by atoms with van der Waals surface area (Å²) < 4.78 is 22.7. The highest BCUT2D eigenvalue weighted by molar-refractivity contribution is 7.82. The summed E-state index contributed by atoms with van der Waals surface area (Å²) in [7, 11) is -1.50. The van der Waals surface area contributed by atoms with Crippen LogP contribution in [0.15, 0.2) is 106 Å². The van der Waals surface area contributed by atoms with Crippen LogP contribution in [-0.2, 0) is 28.6 Å². The lowest BCUT2D eigenvalue weighted by Crippen LogP contribution is -2.33. The van der Waals surface area contributed by atoms with Crippen molar-refractivity contribution >= 4 is 28.3 Å². The van der Waals surface area contributed by atoms with E-state index < -0.39 is 11.0 Å². The van der Waals surface area contributed by atoms with Gasteiger partial charge in [0.05, 0.1) is 11.4 Å². The summed E-state index contributed by atoms with van der Waals surface area (Å²) in [5, 5.41) is 5.01. The molecule has 1 heterocycles. The van der Waals surface area contributed by atoms with Gasteiger partial charge in [0.25, 0.3) is 0 Å². The number of aryl methyl sites for hydroxylation is 2. The molecule has 0 aromatic heterocycles. The summed E-state index contributed by atoms with van der Waals surface area (Å²) in [4.78, 5) is 20.8. The number of hydrogen-bond acceptors (Lipinski definition) is 3. The van der Waals surface area contributed by atoms with Crippen molar-refractivity contribution < 1.29 is 13.4 Å². The molecule has 5 nitrogen and oxygen atoms in total. The van der Waals surface area contributed by atoms with Gasteiger partial charge in [0.2, 0.25) is 5.91 Å². The van der Waals surface area contributed by atoms with Gasteiger partial charge in [-0.15, -0.1) is 0 Å². The van der Waals surface area contributed by atoms with Gasteiger partial charge in [0.1, 0.15) is 16.8 Å². The monoisotopic (exact) mass is 599 g/mol. The molecule has 0 spiro atoms. The third kappa shape index (κ3) is 9.40. The summed E-state index contributed by atoms with van der Waals surface area (Å²) in [6, 6.07) is 22.2. The molecular formula is C36H42FN3O2S. The number of hydrogen-bond donors (Lipinski definition) is 1. The normalized spacial score (nSPS) is 15.8. The van der Waals surface area contributed by atoms with Crippen LogP contribution in [0, 0.1) is 5.82 Å². The number of carbonyl (C=O) groups is 1. The third-order valence-corrected chi connectivity index (χ3v) is 8.69. The third-order valence-electron chi connectivity index (χ3n) is 7.96. The number of allylic oxidation sites excluding steroid dienone is 1. The number of anilines is 1. The van der Waals surface area contributed by atoms with Gasteiger partial charge in [-0.05, 0) is 104 Å². The van der Waals surface area contributed by atoms with Crippen LogP contribution in [0.25, 0.3) is 0 Å². The molecule has 3 aromatic rings. The van der Waals surface area contributed by atoms with Crippen molar-refractivity contribution in [3.05, 3.63) is 119 Å². The van der Waals surface area contributed by atoms with Crippen molar-refractivity contribution in [3.8, 4) is 0 Å². The summed E-state index contributed by atoms with van der Waals surface area (Å²) in [6.07, 6.45) is 11.4. The minimum absolute atomic E-state index is 0.166. The van der Waals surface area contributed by atoms with Crippen molar-refractivity contribution in [1.82, 2.24) is 0 Å². The molecule has 2 atom stereocenters.